The maximum atomic E-state index is 12.2. The van der Waals surface area contributed by atoms with Gasteiger partial charge in [-0.1, -0.05) is 13.3 Å². The molecule has 1 heterocycles. The molecule has 5 heteroatoms. The summed E-state index contributed by atoms with van der Waals surface area (Å²) in [4.78, 5) is 12.2. The van der Waals surface area contributed by atoms with Gasteiger partial charge in [0.15, 0.2) is 0 Å². The quantitative estimate of drug-likeness (QED) is 0.900. The van der Waals surface area contributed by atoms with E-state index >= 15 is 0 Å². The second-order valence-electron chi connectivity index (χ2n) is 5.14. The van der Waals surface area contributed by atoms with Crippen LogP contribution in [0, 0.1) is 17.2 Å². The Morgan fingerprint density at radius 3 is 2.79 bits per heavy atom. The van der Waals surface area contributed by atoms with Gasteiger partial charge >= 0.3 is 0 Å². The number of hydrogen-bond donors (Lipinski definition) is 1. The monoisotopic (exact) mass is 340 g/mol. The summed E-state index contributed by atoms with van der Waals surface area (Å²) in [6, 6.07) is 4.12. The minimum atomic E-state index is -0.669. The molecule has 1 fully saturated rings. The van der Waals surface area contributed by atoms with Crippen molar-refractivity contribution in [2.24, 2.45) is 5.92 Å². The summed E-state index contributed by atoms with van der Waals surface area (Å²) >= 11 is 4.83. The predicted octanol–water partition coefficient (Wildman–Crippen LogP) is 4.10. The zero-order valence-corrected chi connectivity index (χ0v) is 13.3. The number of nitrogens with one attached hydrogen (secondary N) is 1. The molecule has 1 aromatic heterocycles. The summed E-state index contributed by atoms with van der Waals surface area (Å²) < 4.78 is 0.929. The van der Waals surface area contributed by atoms with E-state index < -0.39 is 5.54 Å². The number of carbonyl (C=O) groups excluding carboxylic acids is 1. The van der Waals surface area contributed by atoms with Gasteiger partial charge in [-0.15, -0.1) is 11.3 Å². The second kappa shape index (κ2) is 6.06. The molecule has 0 atom stereocenters. The number of carbonyl (C=O) groups is 1. The third-order valence-electron chi connectivity index (χ3n) is 3.93. The molecule has 1 saturated carbocycles. The maximum Gasteiger partial charge on any atom is 0.253 e. The van der Waals surface area contributed by atoms with E-state index in [0.717, 1.165) is 35.9 Å². The average Bonchev–Trinajstić information content (AvgIpc) is 2.86. The van der Waals surface area contributed by atoms with Crippen molar-refractivity contribution in [2.75, 3.05) is 0 Å². The van der Waals surface area contributed by atoms with Crippen molar-refractivity contribution in [3.05, 3.63) is 20.8 Å². The zero-order chi connectivity index (χ0) is 13.9. The van der Waals surface area contributed by atoms with E-state index in [2.05, 4.69) is 34.2 Å². The molecule has 1 aliphatic carbocycles. The number of nitrogens with zero attached hydrogens (tertiary/aromatic N) is 1. The first kappa shape index (κ1) is 14.5. The van der Waals surface area contributed by atoms with Crippen LogP contribution in [-0.4, -0.2) is 11.4 Å². The summed E-state index contributed by atoms with van der Waals surface area (Å²) in [5, 5.41) is 14.2. The van der Waals surface area contributed by atoms with Gasteiger partial charge in [0.1, 0.15) is 5.54 Å². The average molecular weight is 341 g/mol. The minimum absolute atomic E-state index is 0.140. The fourth-order valence-electron chi connectivity index (χ4n) is 2.56. The SMILES string of the molecule is CCC1CCC(C#N)(NC(=O)c2csc(Br)c2)CC1. The Kier molecular flexibility index (Phi) is 4.64. The van der Waals surface area contributed by atoms with Crippen LogP contribution in [-0.2, 0) is 0 Å². The van der Waals surface area contributed by atoms with Crippen molar-refractivity contribution < 1.29 is 4.79 Å². The summed E-state index contributed by atoms with van der Waals surface area (Å²) in [6.07, 6.45) is 4.74. The van der Waals surface area contributed by atoms with Crippen molar-refractivity contribution in [3.63, 3.8) is 0 Å². The highest BCUT2D eigenvalue weighted by atomic mass is 79.9. The lowest BCUT2D eigenvalue weighted by Gasteiger charge is -2.35. The fraction of sp³-hybridized carbons (Fsp3) is 0.571. The highest BCUT2D eigenvalue weighted by molar-refractivity contribution is 9.11. The van der Waals surface area contributed by atoms with Crippen LogP contribution in [0.5, 0.6) is 0 Å². The van der Waals surface area contributed by atoms with E-state index in [4.69, 9.17) is 0 Å². The third-order valence-corrected chi connectivity index (χ3v) is 5.44. The number of nitriles is 1. The molecule has 1 amide bonds. The van der Waals surface area contributed by atoms with Crippen LogP contribution in [0.3, 0.4) is 0 Å². The van der Waals surface area contributed by atoms with Gasteiger partial charge in [0.25, 0.3) is 5.91 Å². The van der Waals surface area contributed by atoms with Gasteiger partial charge in [0, 0.05) is 5.38 Å². The van der Waals surface area contributed by atoms with Crippen LogP contribution in [0.15, 0.2) is 15.2 Å². The van der Waals surface area contributed by atoms with Crippen molar-refractivity contribution >= 4 is 33.2 Å². The third kappa shape index (κ3) is 3.37. The molecular weight excluding hydrogens is 324 g/mol. The number of thiophene rings is 1. The highest BCUT2D eigenvalue weighted by Gasteiger charge is 2.36. The smallest absolute Gasteiger partial charge is 0.253 e. The van der Waals surface area contributed by atoms with Crippen LogP contribution in [0.1, 0.15) is 49.4 Å². The molecule has 0 aliphatic heterocycles. The Morgan fingerprint density at radius 1 is 1.63 bits per heavy atom. The molecule has 2 rings (SSSR count). The molecule has 0 aromatic carbocycles. The number of hydrogen-bond acceptors (Lipinski definition) is 3. The summed E-state index contributed by atoms with van der Waals surface area (Å²) in [5.74, 6) is 0.562. The second-order valence-corrected chi connectivity index (χ2v) is 7.43. The summed E-state index contributed by atoms with van der Waals surface area (Å²) in [6.45, 7) is 2.19. The fourth-order valence-corrected chi connectivity index (χ4v) is 3.70. The molecule has 1 aliphatic rings. The van der Waals surface area contributed by atoms with E-state index in [1.54, 1.807) is 6.07 Å². The Morgan fingerprint density at radius 2 is 2.32 bits per heavy atom. The first-order chi connectivity index (χ1) is 9.08. The zero-order valence-electron chi connectivity index (χ0n) is 10.9. The van der Waals surface area contributed by atoms with Gasteiger partial charge in [-0.2, -0.15) is 5.26 Å². The Balaban J connectivity index is 2.04. The van der Waals surface area contributed by atoms with Gasteiger partial charge in [-0.3, -0.25) is 4.79 Å². The van der Waals surface area contributed by atoms with Crippen molar-refractivity contribution in [3.8, 4) is 6.07 Å². The Bertz CT molecular complexity index is 498. The van der Waals surface area contributed by atoms with Gasteiger partial charge in [0.2, 0.25) is 0 Å². The lowest BCUT2D eigenvalue weighted by atomic mass is 9.76. The molecule has 0 spiro atoms. The number of halogens is 1. The normalized spacial score (nSPS) is 26.7. The Labute approximate surface area is 126 Å². The topological polar surface area (TPSA) is 52.9 Å². The molecular formula is C14H17BrN2OS. The van der Waals surface area contributed by atoms with Gasteiger partial charge in [-0.05, 0) is 53.6 Å². The standard InChI is InChI=1S/C14H17BrN2OS/c1-2-10-3-5-14(9-16,6-4-10)17-13(18)11-7-12(15)19-8-11/h7-8,10H,2-6H2,1H3,(H,17,18). The lowest BCUT2D eigenvalue weighted by Crippen LogP contribution is -2.49. The minimum Gasteiger partial charge on any atom is -0.334 e. The van der Waals surface area contributed by atoms with Crippen LogP contribution < -0.4 is 5.32 Å². The van der Waals surface area contributed by atoms with Crippen molar-refractivity contribution in [1.29, 1.82) is 5.26 Å². The largest absolute Gasteiger partial charge is 0.334 e. The molecule has 1 N–H and O–H groups in total. The van der Waals surface area contributed by atoms with Crippen LogP contribution in [0.4, 0.5) is 0 Å². The van der Waals surface area contributed by atoms with Gasteiger partial charge in [0.05, 0.1) is 15.4 Å². The molecule has 3 nitrogen and oxygen atoms in total. The maximum absolute atomic E-state index is 12.2. The van der Waals surface area contributed by atoms with Crippen LogP contribution in [0.25, 0.3) is 0 Å². The molecule has 0 unspecified atom stereocenters. The van der Waals surface area contributed by atoms with Crippen LogP contribution >= 0.6 is 27.3 Å². The van der Waals surface area contributed by atoms with Crippen molar-refractivity contribution in [2.45, 2.75) is 44.6 Å². The first-order valence-corrected chi connectivity index (χ1v) is 8.23. The Hall–Kier alpha value is -0.860. The van der Waals surface area contributed by atoms with E-state index in [1.807, 2.05) is 5.38 Å². The van der Waals surface area contributed by atoms with Crippen molar-refractivity contribution in [1.82, 2.24) is 5.32 Å². The first-order valence-electron chi connectivity index (χ1n) is 6.56. The van der Waals surface area contributed by atoms with Gasteiger partial charge < -0.3 is 5.32 Å². The van der Waals surface area contributed by atoms with Gasteiger partial charge in [-0.25, -0.2) is 0 Å². The molecule has 0 radical (unpaired) electrons. The molecule has 19 heavy (non-hydrogen) atoms. The predicted molar refractivity (Wildman–Crippen MR) is 80.1 cm³/mol. The summed E-state index contributed by atoms with van der Waals surface area (Å²) in [5.41, 5.74) is -0.0407. The van der Waals surface area contributed by atoms with Crippen LogP contribution in [0.2, 0.25) is 0 Å². The van der Waals surface area contributed by atoms with E-state index in [9.17, 15) is 10.1 Å². The van der Waals surface area contributed by atoms with E-state index in [0.29, 0.717) is 11.5 Å². The highest BCUT2D eigenvalue weighted by Crippen LogP contribution is 2.33. The summed E-state index contributed by atoms with van der Waals surface area (Å²) in [7, 11) is 0. The number of rotatable bonds is 3. The molecule has 0 bridgehead atoms. The lowest BCUT2D eigenvalue weighted by molar-refractivity contribution is 0.0891. The number of amides is 1. The van der Waals surface area contributed by atoms with E-state index in [-0.39, 0.29) is 5.91 Å². The van der Waals surface area contributed by atoms with E-state index in [1.165, 1.54) is 11.3 Å². The molecule has 102 valence electrons. The molecule has 0 saturated heterocycles. The molecule has 1 aromatic rings.